The minimum Gasteiger partial charge on any atom is -0.493 e. The summed E-state index contributed by atoms with van der Waals surface area (Å²) in [6.45, 7) is 0.326. The van der Waals surface area contributed by atoms with Crippen LogP contribution in [0.5, 0.6) is 11.5 Å². The molecule has 0 radical (unpaired) electrons. The summed E-state index contributed by atoms with van der Waals surface area (Å²) in [6, 6.07) is 17.0. The van der Waals surface area contributed by atoms with Crippen LogP contribution in [0.3, 0.4) is 0 Å². The zero-order valence-electron chi connectivity index (χ0n) is 17.2. The Balaban J connectivity index is 1.59. The van der Waals surface area contributed by atoms with E-state index in [0.717, 1.165) is 17.3 Å². The molecule has 0 unspecified atom stereocenters. The smallest absolute Gasteiger partial charge is 0.270 e. The molecule has 1 fully saturated rings. The zero-order valence-corrected chi connectivity index (χ0v) is 21.2. The van der Waals surface area contributed by atoms with Crippen LogP contribution in [-0.2, 0) is 11.4 Å². The second kappa shape index (κ2) is 10.3. The van der Waals surface area contributed by atoms with Crippen molar-refractivity contribution in [3.05, 3.63) is 92.0 Å². The number of ether oxygens (including phenoxy) is 2. The lowest BCUT2D eigenvalue weighted by Crippen LogP contribution is -2.28. The average molecular weight is 565 g/mol. The fourth-order valence-corrected chi connectivity index (χ4v) is 5.14. The summed E-state index contributed by atoms with van der Waals surface area (Å²) in [5.74, 6) is 0.132. The summed E-state index contributed by atoms with van der Waals surface area (Å²) in [6.07, 6.45) is 1.69. The number of hydrogen-bond acceptors (Lipinski definition) is 5. The SMILES string of the molecule is COc1cc(/C=C2\SC(=S)N(c3ccccc3F)C2=O)cc(Br)c1OCc1ccc(Cl)cc1. The zero-order chi connectivity index (χ0) is 23.5. The van der Waals surface area contributed by atoms with Gasteiger partial charge in [0.1, 0.15) is 12.4 Å². The number of para-hydroxylation sites is 1. The predicted octanol–water partition coefficient (Wildman–Crippen LogP) is 7.24. The van der Waals surface area contributed by atoms with Crippen LogP contribution in [-0.4, -0.2) is 17.3 Å². The third-order valence-corrected chi connectivity index (χ3v) is 6.88. The van der Waals surface area contributed by atoms with Crippen molar-refractivity contribution in [1.29, 1.82) is 0 Å². The number of hydrogen-bond donors (Lipinski definition) is 0. The summed E-state index contributed by atoms with van der Waals surface area (Å²) < 4.78 is 26.6. The Labute approximate surface area is 213 Å². The maximum atomic E-state index is 14.2. The number of carbonyl (C=O) groups excluding carboxylic acids is 1. The Hall–Kier alpha value is -2.39. The van der Waals surface area contributed by atoms with Crippen LogP contribution in [0.4, 0.5) is 10.1 Å². The lowest BCUT2D eigenvalue weighted by atomic mass is 10.1. The summed E-state index contributed by atoms with van der Waals surface area (Å²) in [4.78, 5) is 14.6. The Morgan fingerprint density at radius 3 is 2.61 bits per heavy atom. The molecule has 0 aromatic heterocycles. The van der Waals surface area contributed by atoms with Gasteiger partial charge >= 0.3 is 0 Å². The molecular formula is C24H16BrClFNO3S2. The molecule has 0 saturated carbocycles. The molecule has 33 heavy (non-hydrogen) atoms. The molecule has 0 bridgehead atoms. The van der Waals surface area contributed by atoms with Crippen molar-refractivity contribution in [1.82, 2.24) is 0 Å². The minimum atomic E-state index is -0.512. The second-order valence-corrected chi connectivity index (χ2v) is 9.88. The molecule has 3 aromatic carbocycles. The number of amides is 1. The molecule has 0 aliphatic carbocycles. The quantitative estimate of drug-likeness (QED) is 0.233. The van der Waals surface area contributed by atoms with E-state index in [1.807, 2.05) is 18.2 Å². The van der Waals surface area contributed by atoms with Gasteiger partial charge in [0.25, 0.3) is 5.91 Å². The summed E-state index contributed by atoms with van der Waals surface area (Å²) in [5, 5.41) is 0.655. The molecule has 1 saturated heterocycles. The van der Waals surface area contributed by atoms with E-state index < -0.39 is 5.82 Å². The van der Waals surface area contributed by atoms with E-state index in [2.05, 4.69) is 15.9 Å². The molecule has 4 rings (SSSR count). The first kappa shape index (κ1) is 23.8. The van der Waals surface area contributed by atoms with Crippen molar-refractivity contribution in [2.75, 3.05) is 12.0 Å². The third-order valence-electron chi connectivity index (χ3n) is 4.73. The summed E-state index contributed by atoms with van der Waals surface area (Å²) >= 11 is 15.9. The Bertz CT molecular complexity index is 1270. The van der Waals surface area contributed by atoms with Crippen LogP contribution < -0.4 is 14.4 Å². The van der Waals surface area contributed by atoms with Gasteiger partial charge in [-0.05, 0) is 69.5 Å². The highest BCUT2D eigenvalue weighted by Crippen LogP contribution is 2.40. The van der Waals surface area contributed by atoms with Crippen molar-refractivity contribution in [2.45, 2.75) is 6.61 Å². The van der Waals surface area contributed by atoms with Gasteiger partial charge in [-0.3, -0.25) is 9.69 Å². The molecule has 4 nitrogen and oxygen atoms in total. The van der Waals surface area contributed by atoms with E-state index in [1.165, 1.54) is 17.0 Å². The summed E-state index contributed by atoms with van der Waals surface area (Å²) in [7, 11) is 1.54. The van der Waals surface area contributed by atoms with Crippen LogP contribution >= 0.6 is 51.5 Å². The van der Waals surface area contributed by atoms with E-state index in [4.69, 9.17) is 33.3 Å². The van der Waals surface area contributed by atoms with Gasteiger partial charge in [0.05, 0.1) is 22.2 Å². The van der Waals surface area contributed by atoms with Gasteiger partial charge in [-0.15, -0.1) is 0 Å². The molecule has 1 aliphatic heterocycles. The molecular weight excluding hydrogens is 549 g/mol. The van der Waals surface area contributed by atoms with Crippen molar-refractivity contribution in [3.63, 3.8) is 0 Å². The van der Waals surface area contributed by atoms with Crippen molar-refractivity contribution >= 4 is 73.5 Å². The van der Waals surface area contributed by atoms with Crippen LogP contribution in [0.1, 0.15) is 11.1 Å². The van der Waals surface area contributed by atoms with Gasteiger partial charge in [0, 0.05) is 5.02 Å². The van der Waals surface area contributed by atoms with Gasteiger partial charge in [0.2, 0.25) is 0 Å². The van der Waals surface area contributed by atoms with Gasteiger partial charge in [-0.1, -0.05) is 59.8 Å². The van der Waals surface area contributed by atoms with Crippen molar-refractivity contribution in [3.8, 4) is 11.5 Å². The normalized spacial score (nSPS) is 14.8. The first-order valence-corrected chi connectivity index (χ1v) is 12.0. The third kappa shape index (κ3) is 5.24. The summed E-state index contributed by atoms with van der Waals surface area (Å²) in [5.41, 5.74) is 1.79. The Morgan fingerprint density at radius 2 is 1.91 bits per heavy atom. The molecule has 9 heteroatoms. The number of halogens is 3. The number of anilines is 1. The second-order valence-electron chi connectivity index (χ2n) is 6.92. The van der Waals surface area contributed by atoms with Crippen LogP contribution in [0, 0.1) is 5.82 Å². The highest BCUT2D eigenvalue weighted by Gasteiger charge is 2.34. The fourth-order valence-electron chi connectivity index (χ4n) is 3.16. The van der Waals surface area contributed by atoms with Crippen LogP contribution in [0.25, 0.3) is 6.08 Å². The van der Waals surface area contributed by atoms with Gasteiger partial charge in [0.15, 0.2) is 15.8 Å². The standard InChI is InChI=1S/C24H16BrClFNO3S2/c1-30-20-11-15(10-17(25)22(20)31-13-14-6-8-16(26)9-7-14)12-21-23(29)28(24(32)33-21)19-5-3-2-4-18(19)27/h2-12H,13H2,1H3/b21-12-. The van der Waals surface area contributed by atoms with Gasteiger partial charge < -0.3 is 9.47 Å². The number of nitrogens with zero attached hydrogens (tertiary/aromatic N) is 1. The molecule has 1 heterocycles. The fraction of sp³-hybridized carbons (Fsp3) is 0.0833. The first-order valence-electron chi connectivity index (χ1n) is 9.64. The predicted molar refractivity (Wildman–Crippen MR) is 139 cm³/mol. The maximum Gasteiger partial charge on any atom is 0.270 e. The van der Waals surface area contributed by atoms with E-state index in [-0.39, 0.29) is 15.9 Å². The number of carbonyl (C=O) groups is 1. The van der Waals surface area contributed by atoms with Crippen LogP contribution in [0.15, 0.2) is 70.0 Å². The molecule has 0 N–H and O–H groups in total. The molecule has 168 valence electrons. The van der Waals surface area contributed by atoms with E-state index in [9.17, 15) is 9.18 Å². The monoisotopic (exact) mass is 563 g/mol. The Morgan fingerprint density at radius 1 is 1.18 bits per heavy atom. The molecule has 1 aliphatic rings. The highest BCUT2D eigenvalue weighted by atomic mass is 79.9. The molecule has 0 spiro atoms. The van der Waals surface area contributed by atoms with E-state index in [1.54, 1.807) is 43.5 Å². The number of methoxy groups -OCH3 is 1. The van der Waals surface area contributed by atoms with E-state index >= 15 is 0 Å². The minimum absolute atomic E-state index is 0.133. The Kier molecular flexibility index (Phi) is 7.38. The molecule has 0 atom stereocenters. The highest BCUT2D eigenvalue weighted by molar-refractivity contribution is 9.10. The lowest BCUT2D eigenvalue weighted by molar-refractivity contribution is -0.113. The largest absolute Gasteiger partial charge is 0.493 e. The van der Waals surface area contributed by atoms with Crippen molar-refractivity contribution < 1.29 is 18.7 Å². The molecule has 3 aromatic rings. The first-order chi connectivity index (χ1) is 15.9. The lowest BCUT2D eigenvalue weighted by Gasteiger charge is -2.15. The van der Waals surface area contributed by atoms with Crippen LogP contribution in [0.2, 0.25) is 5.02 Å². The number of thioether (sulfide) groups is 1. The van der Waals surface area contributed by atoms with Gasteiger partial charge in [-0.25, -0.2) is 4.39 Å². The maximum absolute atomic E-state index is 14.2. The van der Waals surface area contributed by atoms with Gasteiger partial charge in [-0.2, -0.15) is 0 Å². The molecule has 1 amide bonds. The topological polar surface area (TPSA) is 38.8 Å². The number of benzene rings is 3. The van der Waals surface area contributed by atoms with Crippen molar-refractivity contribution in [2.24, 2.45) is 0 Å². The number of thiocarbonyl (C=S) groups is 1. The average Bonchev–Trinajstić information content (AvgIpc) is 3.07. The van der Waals surface area contributed by atoms with E-state index in [0.29, 0.717) is 38.1 Å². The number of rotatable bonds is 6.